The summed E-state index contributed by atoms with van der Waals surface area (Å²) in [7, 11) is -3.84. The second-order valence-electron chi connectivity index (χ2n) is 8.43. The number of amides is 2. The number of imide groups is 1. The van der Waals surface area contributed by atoms with E-state index < -0.39 is 27.8 Å². The fraction of sp³-hybridized carbons (Fsp3) is 0.478. The molecule has 0 bridgehead atoms. The summed E-state index contributed by atoms with van der Waals surface area (Å²) < 4.78 is 38.7. The molecule has 35 heavy (non-hydrogen) atoms. The van der Waals surface area contributed by atoms with Crippen molar-refractivity contribution < 1.29 is 32.3 Å². The molecule has 1 aromatic carbocycles. The van der Waals surface area contributed by atoms with Crippen molar-refractivity contribution in [3.63, 3.8) is 0 Å². The first-order valence-electron chi connectivity index (χ1n) is 11.4. The molecule has 2 aliphatic rings. The molecule has 12 heteroatoms. The average Bonchev–Trinajstić information content (AvgIpc) is 3.08. The van der Waals surface area contributed by atoms with Gasteiger partial charge in [-0.2, -0.15) is 0 Å². The summed E-state index contributed by atoms with van der Waals surface area (Å²) >= 11 is 0. The molecule has 0 unspecified atom stereocenters. The van der Waals surface area contributed by atoms with Crippen molar-refractivity contribution in [3.8, 4) is 0 Å². The molecule has 1 aromatic heterocycles. The molecule has 0 spiro atoms. The van der Waals surface area contributed by atoms with Crippen LogP contribution in [0, 0.1) is 6.92 Å². The van der Waals surface area contributed by atoms with Crippen molar-refractivity contribution in [1.82, 2.24) is 19.5 Å². The minimum atomic E-state index is -3.84. The second-order valence-corrected chi connectivity index (χ2v) is 10.2. The Morgan fingerprint density at radius 1 is 1.14 bits per heavy atom. The van der Waals surface area contributed by atoms with Gasteiger partial charge in [0.1, 0.15) is 6.61 Å². The number of pyridine rings is 1. The average molecular weight is 505 g/mol. The van der Waals surface area contributed by atoms with Crippen molar-refractivity contribution in [1.29, 1.82) is 0 Å². The Morgan fingerprint density at radius 3 is 2.57 bits per heavy atom. The van der Waals surface area contributed by atoms with Gasteiger partial charge in [0.2, 0.25) is 10.0 Å². The number of aromatic nitrogens is 1. The minimum absolute atomic E-state index is 0.0113. The van der Waals surface area contributed by atoms with Gasteiger partial charge in [-0.25, -0.2) is 13.1 Å². The number of esters is 1. The highest BCUT2D eigenvalue weighted by Crippen LogP contribution is 2.32. The predicted molar refractivity (Wildman–Crippen MR) is 126 cm³/mol. The lowest BCUT2D eigenvalue weighted by atomic mass is 10.0. The van der Waals surface area contributed by atoms with Crippen molar-refractivity contribution in [2.75, 3.05) is 52.5 Å². The smallest absolute Gasteiger partial charge is 0.302 e. The van der Waals surface area contributed by atoms with E-state index in [1.807, 2.05) is 0 Å². The number of carbonyl (C=O) groups excluding carboxylic acids is 3. The Labute approximate surface area is 203 Å². The van der Waals surface area contributed by atoms with Gasteiger partial charge in [-0.05, 0) is 38.1 Å². The normalized spacial score (nSPS) is 16.7. The molecule has 3 heterocycles. The van der Waals surface area contributed by atoms with E-state index in [0.29, 0.717) is 30.8 Å². The molecule has 2 aromatic rings. The zero-order valence-corrected chi connectivity index (χ0v) is 20.5. The lowest BCUT2D eigenvalue weighted by molar-refractivity contribution is -0.141. The Hall–Kier alpha value is -2.93. The first kappa shape index (κ1) is 25.2. The molecule has 1 saturated heterocycles. The molecule has 2 amide bonds. The Balaban J connectivity index is 1.54. The van der Waals surface area contributed by atoms with E-state index in [-0.39, 0.29) is 41.1 Å². The van der Waals surface area contributed by atoms with Crippen LogP contribution in [0.25, 0.3) is 10.9 Å². The number of fused-ring (bicyclic) bond motifs is 3. The monoisotopic (exact) mass is 504 g/mol. The number of nitrogens with zero attached hydrogens (tertiary/aromatic N) is 3. The van der Waals surface area contributed by atoms with Gasteiger partial charge in [-0.15, -0.1) is 0 Å². The third-order valence-electron chi connectivity index (χ3n) is 6.03. The van der Waals surface area contributed by atoms with Gasteiger partial charge in [0, 0.05) is 31.9 Å². The van der Waals surface area contributed by atoms with E-state index in [1.54, 1.807) is 6.92 Å². The lowest BCUT2D eigenvalue weighted by Crippen LogP contribution is -2.38. The lowest BCUT2D eigenvalue weighted by Gasteiger charge is -2.26. The van der Waals surface area contributed by atoms with Crippen LogP contribution in [0.15, 0.2) is 23.1 Å². The number of sulfonamides is 1. The first-order valence-corrected chi connectivity index (χ1v) is 12.9. The van der Waals surface area contributed by atoms with E-state index in [1.165, 1.54) is 25.1 Å². The number of benzene rings is 1. The molecular weight excluding hydrogens is 476 g/mol. The van der Waals surface area contributed by atoms with Crippen LogP contribution in [0.3, 0.4) is 0 Å². The summed E-state index contributed by atoms with van der Waals surface area (Å²) in [6.07, 6.45) is 0.646. The SMILES string of the molecule is CC(=O)OCCN1C(=O)c2c(C)nc3ccc(S(=O)(=O)NCCCN4CCOCC4)cc3c2C1=O. The van der Waals surface area contributed by atoms with Crippen LogP contribution in [0.4, 0.5) is 0 Å². The van der Waals surface area contributed by atoms with Crippen LogP contribution in [0.5, 0.6) is 0 Å². The molecule has 4 rings (SSSR count). The van der Waals surface area contributed by atoms with Crippen molar-refractivity contribution in [3.05, 3.63) is 35.0 Å². The van der Waals surface area contributed by atoms with Crippen molar-refractivity contribution in [2.24, 2.45) is 0 Å². The fourth-order valence-electron chi connectivity index (χ4n) is 4.28. The van der Waals surface area contributed by atoms with E-state index in [2.05, 4.69) is 14.6 Å². The molecule has 188 valence electrons. The maximum absolute atomic E-state index is 13.1. The molecule has 0 aliphatic carbocycles. The van der Waals surface area contributed by atoms with Gasteiger partial charge >= 0.3 is 5.97 Å². The number of morpholine rings is 1. The fourth-order valence-corrected chi connectivity index (χ4v) is 5.38. The van der Waals surface area contributed by atoms with Gasteiger partial charge in [0.15, 0.2) is 0 Å². The third-order valence-corrected chi connectivity index (χ3v) is 7.49. The molecule has 2 aliphatic heterocycles. The van der Waals surface area contributed by atoms with Crippen LogP contribution in [0.1, 0.15) is 39.8 Å². The zero-order chi connectivity index (χ0) is 25.2. The van der Waals surface area contributed by atoms with Crippen LogP contribution in [-0.2, 0) is 24.3 Å². The van der Waals surface area contributed by atoms with Crippen LogP contribution in [-0.4, -0.2) is 93.5 Å². The summed E-state index contributed by atoms with van der Waals surface area (Å²) in [6, 6.07) is 4.35. The van der Waals surface area contributed by atoms with Gasteiger partial charge in [-0.3, -0.25) is 29.2 Å². The number of hydrogen-bond acceptors (Lipinski definition) is 9. The standard InChI is InChI=1S/C23H28N4O7S/c1-15-20-21(23(30)27(22(20)29)10-13-34-16(2)28)18-14-17(4-5-19(18)25-15)35(31,32)24-6-3-7-26-8-11-33-12-9-26/h4-5,14,24H,3,6-13H2,1-2H3. The minimum Gasteiger partial charge on any atom is -0.464 e. The van der Waals surface area contributed by atoms with Crippen LogP contribution in [0.2, 0.25) is 0 Å². The molecule has 1 N–H and O–H groups in total. The first-order chi connectivity index (χ1) is 16.7. The molecule has 11 nitrogen and oxygen atoms in total. The third kappa shape index (κ3) is 5.35. The highest BCUT2D eigenvalue weighted by Gasteiger charge is 2.39. The summed E-state index contributed by atoms with van der Waals surface area (Å²) in [5, 5.41) is 0.287. The number of ether oxygens (including phenoxy) is 2. The van der Waals surface area contributed by atoms with Crippen LogP contribution < -0.4 is 4.72 Å². The summed E-state index contributed by atoms with van der Waals surface area (Å²) in [4.78, 5) is 44.7. The number of hydrogen-bond donors (Lipinski definition) is 1. The summed E-state index contributed by atoms with van der Waals surface area (Å²) in [6.45, 7) is 6.70. The van der Waals surface area contributed by atoms with E-state index in [4.69, 9.17) is 9.47 Å². The molecule has 0 saturated carbocycles. The highest BCUT2D eigenvalue weighted by atomic mass is 32.2. The second kappa shape index (κ2) is 10.4. The number of aryl methyl sites for hydroxylation is 1. The van der Waals surface area contributed by atoms with Crippen LogP contribution >= 0.6 is 0 Å². The maximum atomic E-state index is 13.1. The molecular formula is C23H28N4O7S. The van der Waals surface area contributed by atoms with Crippen molar-refractivity contribution >= 4 is 38.7 Å². The van der Waals surface area contributed by atoms with Gasteiger partial charge in [0.25, 0.3) is 11.8 Å². The Bertz CT molecular complexity index is 1270. The quantitative estimate of drug-likeness (QED) is 0.297. The summed E-state index contributed by atoms with van der Waals surface area (Å²) in [5.41, 5.74) is 1.04. The maximum Gasteiger partial charge on any atom is 0.302 e. The highest BCUT2D eigenvalue weighted by molar-refractivity contribution is 7.89. The number of carbonyl (C=O) groups is 3. The van der Waals surface area contributed by atoms with Crippen molar-refractivity contribution in [2.45, 2.75) is 25.2 Å². The van der Waals surface area contributed by atoms with Gasteiger partial charge in [0.05, 0.1) is 47.0 Å². The largest absolute Gasteiger partial charge is 0.464 e. The summed E-state index contributed by atoms with van der Waals surface area (Å²) in [5.74, 6) is -1.63. The van der Waals surface area contributed by atoms with Gasteiger partial charge in [-0.1, -0.05) is 0 Å². The van der Waals surface area contributed by atoms with E-state index in [0.717, 1.165) is 24.5 Å². The number of rotatable bonds is 9. The zero-order valence-electron chi connectivity index (χ0n) is 19.7. The molecule has 0 radical (unpaired) electrons. The Morgan fingerprint density at radius 2 is 1.86 bits per heavy atom. The van der Waals surface area contributed by atoms with Gasteiger partial charge < -0.3 is 9.47 Å². The Kier molecular flexibility index (Phi) is 7.45. The predicted octanol–water partition coefficient (Wildman–Crippen LogP) is 0.703. The number of nitrogens with one attached hydrogen (secondary N) is 1. The van der Waals surface area contributed by atoms with E-state index >= 15 is 0 Å². The molecule has 1 fully saturated rings. The molecule has 0 atom stereocenters. The van der Waals surface area contributed by atoms with E-state index in [9.17, 15) is 22.8 Å². The topological polar surface area (TPSA) is 135 Å².